The Bertz CT molecular complexity index is 901. The van der Waals surface area contributed by atoms with E-state index in [4.69, 9.17) is 5.11 Å². The Morgan fingerprint density at radius 3 is 1.87 bits per heavy atom. The topological polar surface area (TPSA) is 60.9 Å². The number of likely N-dealkylation sites (N-methyl/N-ethyl adjacent to an activating group) is 1. The molecule has 5 nitrogen and oxygen atoms in total. The van der Waals surface area contributed by atoms with E-state index in [-0.39, 0.29) is 30.6 Å². The van der Waals surface area contributed by atoms with Crippen LogP contribution in [0.25, 0.3) is 12.2 Å². The van der Waals surface area contributed by atoms with Crippen molar-refractivity contribution >= 4 is 48.7 Å². The number of nitrogens with zero attached hydrogens (tertiary/aromatic N) is 2. The molecule has 1 fully saturated rings. The Kier molecular flexibility index (Phi) is 11.2. The molecule has 2 aromatic rings. The zero-order valence-electron chi connectivity index (χ0n) is 17.4. The van der Waals surface area contributed by atoms with Crippen LogP contribution in [0, 0.1) is 0 Å². The van der Waals surface area contributed by atoms with Gasteiger partial charge in [-0.1, -0.05) is 54.6 Å². The summed E-state index contributed by atoms with van der Waals surface area (Å²) in [5, 5.41) is 8.65. The highest BCUT2D eigenvalue weighted by molar-refractivity contribution is 6.06. The number of carboxylic acids is 1. The lowest BCUT2D eigenvalue weighted by molar-refractivity contribution is -0.131. The Hall–Kier alpha value is -2.44. The number of carbonyl (C=O) groups excluding carboxylic acids is 1. The standard InChI is InChI=1S/C24H26N2O3.2ClH/c1-25-14-16-26(17-15-25)18-21-6-10-22(11-7-21)23(27)12-8-19-2-4-20(5-3-19)9-13-24(28)29;;/h2-13H,14-18H2,1H3,(H,28,29);2*1H/b12-8+,13-9+;;. The van der Waals surface area contributed by atoms with Crippen LogP contribution in [0.5, 0.6) is 0 Å². The first kappa shape index (κ1) is 26.6. The minimum Gasteiger partial charge on any atom is -0.478 e. The third kappa shape index (κ3) is 8.67. The Balaban J connectivity index is 0.00000240. The molecule has 2 aromatic carbocycles. The number of carbonyl (C=O) groups is 2. The molecule has 0 bridgehead atoms. The normalized spacial score (nSPS) is 14.9. The molecule has 3 rings (SSSR count). The summed E-state index contributed by atoms with van der Waals surface area (Å²) in [5.74, 6) is -1.01. The van der Waals surface area contributed by atoms with Crippen molar-refractivity contribution in [3.63, 3.8) is 0 Å². The Morgan fingerprint density at radius 1 is 0.839 bits per heavy atom. The van der Waals surface area contributed by atoms with Gasteiger partial charge >= 0.3 is 5.97 Å². The molecule has 0 unspecified atom stereocenters. The summed E-state index contributed by atoms with van der Waals surface area (Å²) < 4.78 is 0. The first-order valence-electron chi connectivity index (χ1n) is 9.73. The van der Waals surface area contributed by atoms with E-state index in [1.54, 1.807) is 12.2 Å². The number of hydrogen-bond acceptors (Lipinski definition) is 4. The molecule has 0 spiro atoms. The number of allylic oxidation sites excluding steroid dienone is 1. The van der Waals surface area contributed by atoms with Gasteiger partial charge in [0, 0.05) is 44.4 Å². The molecule has 31 heavy (non-hydrogen) atoms. The molecule has 0 aliphatic carbocycles. The van der Waals surface area contributed by atoms with Gasteiger partial charge in [0.2, 0.25) is 0 Å². The second-order valence-electron chi connectivity index (χ2n) is 7.31. The van der Waals surface area contributed by atoms with E-state index in [0.717, 1.165) is 49.9 Å². The van der Waals surface area contributed by atoms with E-state index in [9.17, 15) is 9.59 Å². The van der Waals surface area contributed by atoms with E-state index >= 15 is 0 Å². The second kappa shape index (κ2) is 13.1. The van der Waals surface area contributed by atoms with Crippen molar-refractivity contribution in [2.45, 2.75) is 6.54 Å². The summed E-state index contributed by atoms with van der Waals surface area (Å²) in [6.45, 7) is 5.26. The van der Waals surface area contributed by atoms with Gasteiger partial charge in [-0.3, -0.25) is 9.69 Å². The van der Waals surface area contributed by atoms with Crippen LogP contribution in [0.2, 0.25) is 0 Å². The van der Waals surface area contributed by atoms with Crippen LogP contribution in [-0.2, 0) is 11.3 Å². The molecule has 0 amide bonds. The summed E-state index contributed by atoms with van der Waals surface area (Å²) in [7, 11) is 2.15. The third-order valence-electron chi connectivity index (χ3n) is 5.02. The van der Waals surface area contributed by atoms with Gasteiger partial charge in [-0.15, -0.1) is 24.8 Å². The van der Waals surface area contributed by atoms with Crippen LogP contribution < -0.4 is 0 Å². The van der Waals surface area contributed by atoms with Gasteiger partial charge < -0.3 is 10.0 Å². The second-order valence-corrected chi connectivity index (χ2v) is 7.31. The fourth-order valence-corrected chi connectivity index (χ4v) is 3.19. The fraction of sp³-hybridized carbons (Fsp3) is 0.250. The lowest BCUT2D eigenvalue weighted by Crippen LogP contribution is -2.43. The average Bonchev–Trinajstić information content (AvgIpc) is 2.73. The van der Waals surface area contributed by atoms with E-state index < -0.39 is 5.97 Å². The lowest BCUT2D eigenvalue weighted by Gasteiger charge is -2.32. The predicted molar refractivity (Wildman–Crippen MR) is 130 cm³/mol. The molecule has 0 radical (unpaired) electrons. The fourth-order valence-electron chi connectivity index (χ4n) is 3.19. The third-order valence-corrected chi connectivity index (χ3v) is 5.02. The van der Waals surface area contributed by atoms with Crippen molar-refractivity contribution in [3.05, 3.63) is 82.9 Å². The van der Waals surface area contributed by atoms with Crippen molar-refractivity contribution in [2.24, 2.45) is 0 Å². The van der Waals surface area contributed by atoms with Crippen LogP contribution in [-0.4, -0.2) is 59.9 Å². The number of benzene rings is 2. The molecule has 1 aliphatic rings. The SMILES string of the molecule is CN1CCN(Cc2ccc(C(=O)/C=C/c3ccc(/C=C/C(=O)O)cc3)cc2)CC1.Cl.Cl. The zero-order valence-corrected chi connectivity index (χ0v) is 19.1. The predicted octanol–water partition coefficient (Wildman–Crippen LogP) is 4.27. The maximum atomic E-state index is 12.4. The van der Waals surface area contributed by atoms with E-state index in [0.29, 0.717) is 5.56 Å². The van der Waals surface area contributed by atoms with Crippen molar-refractivity contribution in [2.75, 3.05) is 33.2 Å². The van der Waals surface area contributed by atoms with Gasteiger partial charge in [0.25, 0.3) is 0 Å². The number of aliphatic carboxylic acids is 1. The molecule has 0 aromatic heterocycles. The van der Waals surface area contributed by atoms with Crippen molar-refractivity contribution in [3.8, 4) is 0 Å². The monoisotopic (exact) mass is 462 g/mol. The summed E-state index contributed by atoms with van der Waals surface area (Å²) in [6, 6.07) is 15.2. The maximum Gasteiger partial charge on any atom is 0.328 e. The highest BCUT2D eigenvalue weighted by Gasteiger charge is 2.13. The Morgan fingerprint density at radius 2 is 1.35 bits per heavy atom. The molecular weight excluding hydrogens is 435 g/mol. The molecule has 166 valence electrons. The van der Waals surface area contributed by atoms with E-state index in [1.165, 1.54) is 11.6 Å². The molecule has 1 N–H and O–H groups in total. The summed E-state index contributed by atoms with van der Waals surface area (Å²) >= 11 is 0. The van der Waals surface area contributed by atoms with Crippen molar-refractivity contribution in [1.29, 1.82) is 0 Å². The van der Waals surface area contributed by atoms with Gasteiger partial charge in [-0.25, -0.2) is 4.79 Å². The van der Waals surface area contributed by atoms with E-state index in [2.05, 4.69) is 16.8 Å². The Labute approximate surface area is 195 Å². The molecule has 0 saturated carbocycles. The minimum atomic E-state index is -0.978. The summed E-state index contributed by atoms with van der Waals surface area (Å²) in [5.41, 5.74) is 3.58. The highest BCUT2D eigenvalue weighted by atomic mass is 35.5. The molecule has 1 saturated heterocycles. The van der Waals surface area contributed by atoms with Gasteiger partial charge in [0.1, 0.15) is 0 Å². The van der Waals surface area contributed by atoms with Crippen LogP contribution in [0.4, 0.5) is 0 Å². The van der Waals surface area contributed by atoms with E-state index in [1.807, 2.05) is 48.5 Å². The zero-order chi connectivity index (χ0) is 20.6. The van der Waals surface area contributed by atoms with Crippen LogP contribution in [0.1, 0.15) is 27.0 Å². The molecule has 1 heterocycles. The molecule has 7 heteroatoms. The van der Waals surface area contributed by atoms with Gasteiger partial charge in [-0.05, 0) is 35.9 Å². The van der Waals surface area contributed by atoms with Crippen molar-refractivity contribution < 1.29 is 14.7 Å². The number of carboxylic acid groups (broad SMARTS) is 1. The molecule has 0 atom stereocenters. The summed E-state index contributed by atoms with van der Waals surface area (Å²) in [4.78, 5) is 27.7. The first-order chi connectivity index (χ1) is 14.0. The smallest absolute Gasteiger partial charge is 0.328 e. The minimum absolute atomic E-state index is 0. The van der Waals surface area contributed by atoms with Crippen LogP contribution in [0.15, 0.2) is 60.7 Å². The number of ketones is 1. The van der Waals surface area contributed by atoms with Gasteiger partial charge in [-0.2, -0.15) is 0 Å². The number of hydrogen-bond donors (Lipinski definition) is 1. The van der Waals surface area contributed by atoms with Crippen LogP contribution in [0.3, 0.4) is 0 Å². The molecule has 1 aliphatic heterocycles. The number of piperazine rings is 1. The first-order valence-corrected chi connectivity index (χ1v) is 9.73. The quantitative estimate of drug-likeness (QED) is 0.491. The van der Waals surface area contributed by atoms with Gasteiger partial charge in [0.15, 0.2) is 5.78 Å². The maximum absolute atomic E-state index is 12.4. The van der Waals surface area contributed by atoms with Crippen molar-refractivity contribution in [1.82, 2.24) is 9.80 Å². The van der Waals surface area contributed by atoms with Gasteiger partial charge in [0.05, 0.1) is 0 Å². The summed E-state index contributed by atoms with van der Waals surface area (Å²) in [6.07, 6.45) is 5.97. The largest absolute Gasteiger partial charge is 0.478 e. The molecular formula is C24H28Cl2N2O3. The lowest BCUT2D eigenvalue weighted by atomic mass is 10.1. The highest BCUT2D eigenvalue weighted by Crippen LogP contribution is 2.12. The number of rotatable bonds is 7. The average molecular weight is 463 g/mol. The van der Waals surface area contributed by atoms with Crippen LogP contribution >= 0.6 is 24.8 Å². The number of halogens is 2.